The molecule has 0 spiro atoms. The zero-order valence-electron chi connectivity index (χ0n) is 10.9. The molecule has 1 unspecified atom stereocenters. The van der Waals surface area contributed by atoms with E-state index in [-0.39, 0.29) is 12.1 Å². The number of rotatable bonds is 4. The second-order valence-electron chi connectivity index (χ2n) is 5.03. The molecule has 0 aromatic heterocycles. The molecule has 1 aliphatic heterocycles. The molecular formula is C14H17N3O2. The first-order valence-corrected chi connectivity index (χ1v) is 6.45. The summed E-state index contributed by atoms with van der Waals surface area (Å²) in [5.74, 6) is 0.399. The Morgan fingerprint density at radius 1 is 1.37 bits per heavy atom. The predicted octanol–water partition coefficient (Wildman–Crippen LogP) is 1.83. The predicted molar refractivity (Wildman–Crippen MR) is 71.8 cm³/mol. The van der Waals surface area contributed by atoms with Gasteiger partial charge in [0.25, 0.3) is 0 Å². The maximum atomic E-state index is 11.9. The number of nitrogens with zero attached hydrogens (tertiary/aromatic N) is 2. The molecule has 2 aliphatic rings. The van der Waals surface area contributed by atoms with Gasteiger partial charge in [0.05, 0.1) is 6.61 Å². The molecule has 3 rings (SSSR count). The van der Waals surface area contributed by atoms with Crippen LogP contribution in [-0.2, 0) is 11.3 Å². The summed E-state index contributed by atoms with van der Waals surface area (Å²) in [6, 6.07) is 7.90. The Morgan fingerprint density at radius 3 is 2.63 bits per heavy atom. The van der Waals surface area contributed by atoms with Gasteiger partial charge in [-0.3, -0.25) is 0 Å². The van der Waals surface area contributed by atoms with E-state index >= 15 is 0 Å². The van der Waals surface area contributed by atoms with E-state index < -0.39 is 0 Å². The van der Waals surface area contributed by atoms with Crippen LogP contribution in [0.15, 0.2) is 29.3 Å². The highest BCUT2D eigenvalue weighted by atomic mass is 16.5. The van der Waals surface area contributed by atoms with E-state index in [0.29, 0.717) is 18.5 Å². The fraction of sp³-hybridized carbons (Fsp3) is 0.429. The number of benzene rings is 1. The summed E-state index contributed by atoms with van der Waals surface area (Å²) < 4.78 is 5.09. The average molecular weight is 259 g/mol. The van der Waals surface area contributed by atoms with Gasteiger partial charge >= 0.3 is 6.03 Å². The molecule has 1 saturated carbocycles. The number of amides is 2. The first-order chi connectivity index (χ1) is 9.20. The monoisotopic (exact) mass is 259 g/mol. The molecule has 1 heterocycles. The van der Waals surface area contributed by atoms with Gasteiger partial charge in [-0.1, -0.05) is 24.3 Å². The normalized spacial score (nSPS) is 22.8. The van der Waals surface area contributed by atoms with Crippen molar-refractivity contribution in [2.24, 2.45) is 10.7 Å². The summed E-state index contributed by atoms with van der Waals surface area (Å²) in [6.45, 7) is 0.583. The van der Waals surface area contributed by atoms with E-state index in [4.69, 9.17) is 10.5 Å². The fourth-order valence-corrected chi connectivity index (χ4v) is 2.50. The molecule has 2 N–H and O–H groups in total. The van der Waals surface area contributed by atoms with Gasteiger partial charge in [-0.05, 0) is 24.0 Å². The lowest BCUT2D eigenvalue weighted by Crippen LogP contribution is -2.34. The van der Waals surface area contributed by atoms with Crippen LogP contribution in [0.5, 0.6) is 0 Å². The summed E-state index contributed by atoms with van der Waals surface area (Å²) in [6.07, 6.45) is 2.10. The van der Waals surface area contributed by atoms with Crippen molar-refractivity contribution in [3.05, 3.63) is 35.4 Å². The highest BCUT2D eigenvalue weighted by Gasteiger charge is 2.43. The molecule has 100 valence electrons. The Balaban J connectivity index is 1.86. The molecular weight excluding hydrogens is 242 g/mol. The van der Waals surface area contributed by atoms with Crippen LogP contribution in [0, 0.1) is 0 Å². The summed E-state index contributed by atoms with van der Waals surface area (Å²) >= 11 is 0. The van der Waals surface area contributed by atoms with Gasteiger partial charge in [-0.15, -0.1) is 0 Å². The molecule has 0 bridgehead atoms. The molecule has 5 nitrogen and oxygen atoms in total. The molecule has 1 aromatic rings. The van der Waals surface area contributed by atoms with Crippen LogP contribution in [0.4, 0.5) is 4.79 Å². The maximum Gasteiger partial charge on any atom is 0.346 e. The van der Waals surface area contributed by atoms with Gasteiger partial charge in [0.2, 0.25) is 0 Å². The van der Waals surface area contributed by atoms with Crippen molar-refractivity contribution in [3.8, 4) is 0 Å². The zero-order chi connectivity index (χ0) is 13.4. The van der Waals surface area contributed by atoms with Gasteiger partial charge in [0.1, 0.15) is 11.9 Å². The van der Waals surface area contributed by atoms with E-state index in [9.17, 15) is 4.79 Å². The van der Waals surface area contributed by atoms with Crippen molar-refractivity contribution >= 4 is 11.9 Å². The first-order valence-electron chi connectivity index (χ1n) is 6.45. The van der Waals surface area contributed by atoms with Crippen LogP contribution in [0.3, 0.4) is 0 Å². The zero-order valence-corrected chi connectivity index (χ0v) is 10.9. The number of urea groups is 1. The van der Waals surface area contributed by atoms with Crippen LogP contribution >= 0.6 is 0 Å². The number of hydrogen-bond acceptors (Lipinski definition) is 3. The van der Waals surface area contributed by atoms with Crippen LogP contribution in [-0.4, -0.2) is 29.9 Å². The molecule has 1 aromatic carbocycles. The second-order valence-corrected chi connectivity index (χ2v) is 5.03. The summed E-state index contributed by atoms with van der Waals surface area (Å²) in [7, 11) is 1.67. The number of nitrogens with two attached hydrogens (primary N) is 1. The van der Waals surface area contributed by atoms with Gasteiger partial charge in [0.15, 0.2) is 0 Å². The van der Waals surface area contributed by atoms with E-state index in [2.05, 4.69) is 4.99 Å². The van der Waals surface area contributed by atoms with Crippen molar-refractivity contribution < 1.29 is 9.53 Å². The van der Waals surface area contributed by atoms with Crippen LogP contribution in [0.25, 0.3) is 0 Å². The minimum absolute atomic E-state index is 0.198. The third-order valence-corrected chi connectivity index (χ3v) is 3.55. The number of amidine groups is 1. The molecule has 1 atom stereocenters. The Kier molecular flexibility index (Phi) is 2.98. The fourth-order valence-electron chi connectivity index (χ4n) is 2.50. The Morgan fingerprint density at radius 2 is 2.05 bits per heavy atom. The highest BCUT2D eigenvalue weighted by Crippen LogP contribution is 2.38. The summed E-state index contributed by atoms with van der Waals surface area (Å²) in [5.41, 5.74) is 8.03. The van der Waals surface area contributed by atoms with Gasteiger partial charge in [-0.25, -0.2) is 4.79 Å². The quantitative estimate of drug-likeness (QED) is 0.897. The molecule has 0 radical (unpaired) electrons. The molecule has 1 fully saturated rings. The number of ether oxygens (including phenoxy) is 1. The van der Waals surface area contributed by atoms with Crippen molar-refractivity contribution in [3.63, 3.8) is 0 Å². The standard InChI is InChI=1S/C14H17N3O2/c1-19-8-9-2-4-10(5-3-9)12-13(15)16-14(18)17(12)11-6-7-11/h2-5,11-12H,6-8H2,1H3,(H2,15,16,18). The number of methoxy groups -OCH3 is 1. The van der Waals surface area contributed by atoms with E-state index in [1.54, 1.807) is 12.0 Å². The smallest absolute Gasteiger partial charge is 0.346 e. The third kappa shape index (κ3) is 2.21. The minimum atomic E-state index is -0.203. The van der Waals surface area contributed by atoms with Crippen molar-refractivity contribution in [1.29, 1.82) is 0 Å². The molecule has 0 saturated heterocycles. The minimum Gasteiger partial charge on any atom is -0.385 e. The largest absolute Gasteiger partial charge is 0.385 e. The summed E-state index contributed by atoms with van der Waals surface area (Å²) in [4.78, 5) is 17.6. The number of carbonyl (C=O) groups excluding carboxylic acids is 1. The lowest BCUT2D eigenvalue weighted by molar-refractivity contribution is 0.185. The van der Waals surface area contributed by atoms with Crippen LogP contribution < -0.4 is 5.73 Å². The lowest BCUT2D eigenvalue weighted by Gasteiger charge is -2.24. The maximum absolute atomic E-state index is 11.9. The molecule has 2 amide bonds. The highest BCUT2D eigenvalue weighted by molar-refractivity contribution is 6.03. The lowest BCUT2D eigenvalue weighted by atomic mass is 10.0. The van der Waals surface area contributed by atoms with Crippen molar-refractivity contribution in [2.45, 2.75) is 31.5 Å². The average Bonchev–Trinajstić information content (AvgIpc) is 3.17. The van der Waals surface area contributed by atoms with E-state index in [0.717, 1.165) is 24.0 Å². The van der Waals surface area contributed by atoms with Gasteiger partial charge in [0, 0.05) is 13.2 Å². The van der Waals surface area contributed by atoms with Crippen LogP contribution in [0.2, 0.25) is 0 Å². The van der Waals surface area contributed by atoms with Crippen LogP contribution in [0.1, 0.15) is 30.0 Å². The SMILES string of the molecule is COCc1ccc(C2C(N)=NC(=O)N2C2CC2)cc1. The van der Waals surface area contributed by atoms with Gasteiger partial charge in [-0.2, -0.15) is 4.99 Å². The summed E-state index contributed by atoms with van der Waals surface area (Å²) in [5, 5.41) is 0. The first kappa shape index (κ1) is 12.2. The Bertz CT molecular complexity index is 520. The topological polar surface area (TPSA) is 67.9 Å². The van der Waals surface area contributed by atoms with E-state index in [1.165, 1.54) is 0 Å². The van der Waals surface area contributed by atoms with Crippen molar-refractivity contribution in [2.75, 3.05) is 7.11 Å². The molecule has 19 heavy (non-hydrogen) atoms. The number of carbonyl (C=O) groups is 1. The number of hydrogen-bond donors (Lipinski definition) is 1. The molecule has 1 aliphatic carbocycles. The second kappa shape index (κ2) is 4.66. The van der Waals surface area contributed by atoms with E-state index in [1.807, 2.05) is 24.3 Å². The number of aliphatic imine (C=N–C) groups is 1. The van der Waals surface area contributed by atoms with Gasteiger partial charge < -0.3 is 15.4 Å². The molecule has 5 heteroatoms. The third-order valence-electron chi connectivity index (χ3n) is 3.55. The Labute approximate surface area is 112 Å². The Hall–Kier alpha value is -1.88. The van der Waals surface area contributed by atoms with Crippen molar-refractivity contribution in [1.82, 2.24) is 4.90 Å².